The summed E-state index contributed by atoms with van der Waals surface area (Å²) in [5.74, 6) is -0.582. The Hall–Kier alpha value is -3.92. The van der Waals surface area contributed by atoms with Gasteiger partial charge in [0.25, 0.3) is 0 Å². The van der Waals surface area contributed by atoms with Crippen LogP contribution < -0.4 is 5.32 Å². The van der Waals surface area contributed by atoms with Crippen molar-refractivity contribution in [3.63, 3.8) is 0 Å². The maximum atomic E-state index is 12.3. The van der Waals surface area contributed by atoms with Gasteiger partial charge in [-0.1, -0.05) is 23.9 Å². The number of thioether (sulfide) groups is 1. The summed E-state index contributed by atoms with van der Waals surface area (Å²) in [5.41, 5.74) is 1.08. The Morgan fingerprint density at radius 3 is 2.30 bits per heavy atom. The number of para-hydroxylation sites is 1. The minimum atomic E-state index is -1.12. The van der Waals surface area contributed by atoms with E-state index in [4.69, 9.17) is 8.83 Å². The normalized spacial score (nSPS) is 10.7. The molecule has 0 atom stereocenters. The number of furan rings is 2. The second kappa shape index (κ2) is 8.62. The molecule has 1 amide bonds. The zero-order valence-electron chi connectivity index (χ0n) is 15.3. The lowest BCUT2D eigenvalue weighted by Crippen LogP contribution is -2.16. The van der Waals surface area contributed by atoms with Gasteiger partial charge in [0, 0.05) is 0 Å². The first-order valence-corrected chi connectivity index (χ1v) is 9.68. The molecule has 150 valence electrons. The fourth-order valence-corrected chi connectivity index (χ4v) is 3.22. The maximum absolute atomic E-state index is 12.3. The summed E-state index contributed by atoms with van der Waals surface area (Å²) >= 11 is 1.06. The molecule has 0 aliphatic rings. The lowest BCUT2D eigenvalue weighted by Gasteiger charge is -2.08. The highest BCUT2D eigenvalue weighted by atomic mass is 32.2. The second-order valence-electron chi connectivity index (χ2n) is 5.93. The number of carbonyl (C=O) groups excluding carboxylic acids is 1. The van der Waals surface area contributed by atoms with Crippen molar-refractivity contribution in [2.24, 2.45) is 0 Å². The first kappa shape index (κ1) is 19.4. The van der Waals surface area contributed by atoms with Gasteiger partial charge in [0.15, 0.2) is 17.2 Å². The maximum Gasteiger partial charge on any atom is 0.337 e. The van der Waals surface area contributed by atoms with E-state index in [-0.39, 0.29) is 22.2 Å². The van der Waals surface area contributed by atoms with Crippen LogP contribution in [0.15, 0.2) is 75.0 Å². The number of nitrogens with one attached hydrogen (secondary N) is 1. The van der Waals surface area contributed by atoms with E-state index < -0.39 is 11.9 Å². The van der Waals surface area contributed by atoms with Crippen molar-refractivity contribution in [1.82, 2.24) is 15.2 Å². The molecule has 0 saturated carbocycles. The highest BCUT2D eigenvalue weighted by Crippen LogP contribution is 2.30. The van der Waals surface area contributed by atoms with Crippen molar-refractivity contribution < 1.29 is 23.5 Å². The van der Waals surface area contributed by atoms with E-state index >= 15 is 0 Å². The monoisotopic (exact) mass is 422 g/mol. The van der Waals surface area contributed by atoms with E-state index in [1.165, 1.54) is 24.7 Å². The molecule has 0 fully saturated rings. The van der Waals surface area contributed by atoms with Crippen LogP contribution in [0.5, 0.6) is 0 Å². The number of hydrogen-bond acceptors (Lipinski definition) is 8. The molecule has 10 heteroatoms. The first-order valence-electron chi connectivity index (χ1n) is 8.69. The second-order valence-corrected chi connectivity index (χ2v) is 6.88. The average molecular weight is 422 g/mol. The van der Waals surface area contributed by atoms with Crippen molar-refractivity contribution in [2.45, 2.75) is 5.16 Å². The van der Waals surface area contributed by atoms with Crippen LogP contribution in [-0.4, -0.2) is 37.9 Å². The van der Waals surface area contributed by atoms with E-state index in [1.54, 1.807) is 36.4 Å². The summed E-state index contributed by atoms with van der Waals surface area (Å²) in [5, 5.41) is 20.3. The molecule has 0 radical (unpaired) electrons. The molecule has 3 aromatic heterocycles. The van der Waals surface area contributed by atoms with Gasteiger partial charge in [-0.2, -0.15) is 0 Å². The Balaban J connectivity index is 1.51. The summed E-state index contributed by atoms with van der Waals surface area (Å²) < 4.78 is 10.8. The first-order chi connectivity index (χ1) is 14.6. The Morgan fingerprint density at radius 1 is 0.933 bits per heavy atom. The molecule has 0 saturated heterocycles. The van der Waals surface area contributed by atoms with E-state index in [2.05, 4.69) is 20.5 Å². The molecule has 0 bridgehead atoms. The van der Waals surface area contributed by atoms with Crippen LogP contribution in [0.4, 0.5) is 5.69 Å². The third-order valence-electron chi connectivity index (χ3n) is 3.94. The fraction of sp³-hybridized carbons (Fsp3) is 0.0500. The number of aromatic nitrogens is 3. The quantitative estimate of drug-likeness (QED) is 0.427. The number of anilines is 1. The molecule has 9 nitrogen and oxygen atoms in total. The van der Waals surface area contributed by atoms with Crippen molar-refractivity contribution >= 4 is 29.3 Å². The van der Waals surface area contributed by atoms with Gasteiger partial charge < -0.3 is 19.3 Å². The third-order valence-corrected chi connectivity index (χ3v) is 4.78. The van der Waals surface area contributed by atoms with Crippen molar-refractivity contribution in [2.75, 3.05) is 11.1 Å². The van der Waals surface area contributed by atoms with E-state index in [1.807, 2.05) is 0 Å². The molecule has 30 heavy (non-hydrogen) atoms. The number of carboxylic acids is 1. The van der Waals surface area contributed by atoms with Crippen molar-refractivity contribution in [1.29, 1.82) is 0 Å². The van der Waals surface area contributed by atoms with Crippen LogP contribution in [0, 0.1) is 0 Å². The van der Waals surface area contributed by atoms with Gasteiger partial charge in [0.1, 0.15) is 5.69 Å². The molecule has 3 heterocycles. The SMILES string of the molecule is O=C(CSc1nnc(-c2ccco2)c(-c2ccco2)n1)Nc1ccccc1C(=O)O. The van der Waals surface area contributed by atoms with Gasteiger partial charge in [0.05, 0.1) is 29.5 Å². The Morgan fingerprint density at radius 2 is 1.63 bits per heavy atom. The van der Waals surface area contributed by atoms with Gasteiger partial charge in [-0.3, -0.25) is 4.79 Å². The molecule has 0 aliphatic carbocycles. The number of rotatable bonds is 7. The average Bonchev–Trinajstić information content (AvgIpc) is 3.46. The summed E-state index contributed by atoms with van der Waals surface area (Å²) in [6.45, 7) is 0. The molecular formula is C20H14N4O5S. The number of carboxylic acid groups (broad SMARTS) is 1. The highest BCUT2D eigenvalue weighted by Gasteiger charge is 2.19. The molecule has 2 N–H and O–H groups in total. The number of benzene rings is 1. The highest BCUT2D eigenvalue weighted by molar-refractivity contribution is 7.99. The largest absolute Gasteiger partial charge is 0.478 e. The van der Waals surface area contributed by atoms with Gasteiger partial charge in [-0.25, -0.2) is 9.78 Å². The van der Waals surface area contributed by atoms with E-state index in [0.29, 0.717) is 22.9 Å². The van der Waals surface area contributed by atoms with Crippen molar-refractivity contribution in [3.8, 4) is 22.9 Å². The van der Waals surface area contributed by atoms with Crippen LogP contribution in [-0.2, 0) is 4.79 Å². The summed E-state index contributed by atoms with van der Waals surface area (Å²) in [4.78, 5) is 28.0. The minimum absolute atomic E-state index is 0.0108. The molecule has 0 unspecified atom stereocenters. The van der Waals surface area contributed by atoms with Crippen LogP contribution in [0.2, 0.25) is 0 Å². The topological polar surface area (TPSA) is 131 Å². The fourth-order valence-electron chi connectivity index (χ4n) is 2.63. The molecule has 1 aromatic carbocycles. The van der Waals surface area contributed by atoms with E-state index in [0.717, 1.165) is 11.8 Å². The number of hydrogen-bond donors (Lipinski definition) is 2. The summed E-state index contributed by atoms with van der Waals surface area (Å²) in [6.07, 6.45) is 3.04. The smallest absolute Gasteiger partial charge is 0.337 e. The van der Waals surface area contributed by atoms with Crippen LogP contribution in [0.3, 0.4) is 0 Å². The number of aromatic carboxylic acids is 1. The number of carbonyl (C=O) groups is 2. The molecule has 0 aliphatic heterocycles. The number of amides is 1. The van der Waals surface area contributed by atoms with Gasteiger partial charge >= 0.3 is 5.97 Å². The molecule has 4 rings (SSSR count). The lowest BCUT2D eigenvalue weighted by atomic mass is 10.2. The van der Waals surface area contributed by atoms with Gasteiger partial charge in [-0.05, 0) is 36.4 Å². The third kappa shape index (κ3) is 4.23. The number of nitrogens with zero attached hydrogens (tertiary/aromatic N) is 3. The Labute approximate surface area is 174 Å². The van der Waals surface area contributed by atoms with Gasteiger partial charge in [-0.15, -0.1) is 10.2 Å². The molecular weight excluding hydrogens is 408 g/mol. The predicted octanol–water partition coefficient (Wildman–Crippen LogP) is 3.82. The van der Waals surface area contributed by atoms with Crippen LogP contribution >= 0.6 is 11.8 Å². The van der Waals surface area contributed by atoms with E-state index in [9.17, 15) is 14.7 Å². The summed E-state index contributed by atoms with van der Waals surface area (Å²) in [6, 6.07) is 13.1. The standard InChI is InChI=1S/C20H14N4O5S/c25-16(21-13-6-2-1-5-12(13)19(26)27)11-30-20-22-17(14-7-3-9-28-14)18(23-24-20)15-8-4-10-29-15/h1-10H,11H2,(H,21,25)(H,26,27). The van der Waals surface area contributed by atoms with Crippen molar-refractivity contribution in [3.05, 3.63) is 66.6 Å². The zero-order chi connectivity index (χ0) is 20.9. The predicted molar refractivity (Wildman–Crippen MR) is 108 cm³/mol. The van der Waals surface area contributed by atoms with Crippen LogP contribution in [0.25, 0.3) is 22.9 Å². The lowest BCUT2D eigenvalue weighted by molar-refractivity contribution is -0.113. The minimum Gasteiger partial charge on any atom is -0.478 e. The summed E-state index contributed by atoms with van der Waals surface area (Å²) in [7, 11) is 0. The zero-order valence-corrected chi connectivity index (χ0v) is 16.1. The Bertz CT molecular complexity index is 1180. The molecule has 4 aromatic rings. The van der Waals surface area contributed by atoms with Gasteiger partial charge in [0.2, 0.25) is 11.1 Å². The van der Waals surface area contributed by atoms with Crippen LogP contribution in [0.1, 0.15) is 10.4 Å². The molecule has 0 spiro atoms. The Kier molecular flexibility index (Phi) is 5.57.